The van der Waals surface area contributed by atoms with Gasteiger partial charge >= 0.3 is 6.18 Å². The molecule has 0 unspecified atom stereocenters. The first-order chi connectivity index (χ1) is 10.4. The van der Waals surface area contributed by atoms with Gasteiger partial charge in [0, 0.05) is 18.4 Å². The summed E-state index contributed by atoms with van der Waals surface area (Å²) in [7, 11) is 0. The van der Waals surface area contributed by atoms with Crippen LogP contribution < -0.4 is 5.32 Å². The number of aromatic nitrogens is 6. The van der Waals surface area contributed by atoms with E-state index in [0.717, 1.165) is 0 Å². The van der Waals surface area contributed by atoms with Crippen molar-refractivity contribution in [1.29, 1.82) is 0 Å². The highest BCUT2D eigenvalue weighted by Crippen LogP contribution is 2.27. The number of nitrogens with zero attached hydrogens (tertiary/aromatic N) is 6. The second kappa shape index (κ2) is 5.28. The second-order valence-corrected chi connectivity index (χ2v) is 4.78. The van der Waals surface area contributed by atoms with Crippen molar-refractivity contribution in [3.05, 3.63) is 36.4 Å². The first-order valence-electron chi connectivity index (χ1n) is 6.47. The monoisotopic (exact) mass is 311 g/mol. The Morgan fingerprint density at radius 3 is 2.77 bits per heavy atom. The highest BCUT2D eigenvalue weighted by Gasteiger charge is 2.37. The highest BCUT2D eigenvalue weighted by atomic mass is 19.4. The second-order valence-electron chi connectivity index (χ2n) is 4.78. The fourth-order valence-electron chi connectivity index (χ4n) is 2.03. The van der Waals surface area contributed by atoms with Crippen LogP contribution in [0.4, 0.5) is 19.0 Å². The van der Waals surface area contributed by atoms with Crippen LogP contribution in [0.3, 0.4) is 0 Å². The van der Waals surface area contributed by atoms with Crippen molar-refractivity contribution in [2.45, 2.75) is 25.7 Å². The Morgan fingerprint density at radius 2 is 2.09 bits per heavy atom. The maximum absolute atomic E-state index is 12.8. The van der Waals surface area contributed by atoms with E-state index in [1.807, 2.05) is 6.92 Å². The molecule has 0 aromatic carbocycles. The first kappa shape index (κ1) is 14.3. The van der Waals surface area contributed by atoms with Crippen molar-refractivity contribution in [2.75, 3.05) is 5.32 Å². The molecule has 0 fully saturated rings. The van der Waals surface area contributed by atoms with E-state index < -0.39 is 12.0 Å². The van der Waals surface area contributed by atoms with E-state index in [9.17, 15) is 13.2 Å². The molecule has 0 saturated carbocycles. The Morgan fingerprint density at radius 1 is 1.27 bits per heavy atom. The predicted molar refractivity (Wildman–Crippen MR) is 71.1 cm³/mol. The summed E-state index contributed by atoms with van der Waals surface area (Å²) in [6, 6.07) is 4.71. The van der Waals surface area contributed by atoms with Crippen molar-refractivity contribution in [3.63, 3.8) is 0 Å². The fourth-order valence-corrected chi connectivity index (χ4v) is 2.03. The number of halogens is 3. The average Bonchev–Trinajstić information content (AvgIpc) is 3.06. The van der Waals surface area contributed by atoms with Gasteiger partial charge in [-0.05, 0) is 25.1 Å². The quantitative estimate of drug-likeness (QED) is 0.796. The number of fused-ring (bicyclic) bond motifs is 1. The van der Waals surface area contributed by atoms with E-state index in [4.69, 9.17) is 0 Å². The molecule has 1 atom stereocenters. The van der Waals surface area contributed by atoms with Gasteiger partial charge in [-0.25, -0.2) is 0 Å². The Labute approximate surface area is 122 Å². The van der Waals surface area contributed by atoms with E-state index in [0.29, 0.717) is 16.9 Å². The van der Waals surface area contributed by atoms with Gasteiger partial charge in [0.05, 0.1) is 6.54 Å². The normalized spacial score (nSPS) is 13.5. The van der Waals surface area contributed by atoms with Gasteiger partial charge in [-0.15, -0.1) is 15.3 Å². The van der Waals surface area contributed by atoms with E-state index in [-0.39, 0.29) is 11.7 Å². The topological polar surface area (TPSA) is 72.9 Å². The van der Waals surface area contributed by atoms with Crippen LogP contribution in [0.5, 0.6) is 0 Å². The number of hydrogen-bond donors (Lipinski definition) is 1. The number of alkyl halides is 3. The Hall–Kier alpha value is -2.65. The van der Waals surface area contributed by atoms with Gasteiger partial charge in [-0.3, -0.25) is 4.68 Å². The van der Waals surface area contributed by atoms with Crippen molar-refractivity contribution in [2.24, 2.45) is 0 Å². The third kappa shape index (κ3) is 2.85. The molecule has 22 heavy (non-hydrogen) atoms. The minimum absolute atomic E-state index is 0.0394. The van der Waals surface area contributed by atoms with Crippen LogP contribution in [-0.2, 0) is 12.7 Å². The SMILES string of the molecule is C[C@@H](Cn1cccn1)Nc1ccc2nnc(C(F)(F)F)n2n1. The van der Waals surface area contributed by atoms with Crippen LogP contribution in [0, 0.1) is 0 Å². The molecule has 3 aromatic rings. The lowest BCUT2D eigenvalue weighted by Crippen LogP contribution is -2.23. The van der Waals surface area contributed by atoms with Crippen LogP contribution in [0.25, 0.3) is 5.65 Å². The number of rotatable bonds is 4. The van der Waals surface area contributed by atoms with Crippen LogP contribution in [-0.4, -0.2) is 35.6 Å². The molecule has 0 saturated heterocycles. The van der Waals surface area contributed by atoms with Crippen molar-refractivity contribution in [1.82, 2.24) is 29.6 Å². The number of nitrogens with one attached hydrogen (secondary N) is 1. The molecule has 0 aliphatic rings. The molecule has 0 amide bonds. The zero-order valence-electron chi connectivity index (χ0n) is 11.5. The predicted octanol–water partition coefficient (Wildman–Crippen LogP) is 1.84. The first-order valence-corrected chi connectivity index (χ1v) is 6.47. The van der Waals surface area contributed by atoms with Crippen LogP contribution >= 0.6 is 0 Å². The Balaban J connectivity index is 1.82. The molecule has 0 spiro atoms. The van der Waals surface area contributed by atoms with Gasteiger partial charge in [0.25, 0.3) is 5.82 Å². The Kier molecular flexibility index (Phi) is 3.43. The van der Waals surface area contributed by atoms with Crippen molar-refractivity contribution in [3.8, 4) is 0 Å². The average molecular weight is 311 g/mol. The van der Waals surface area contributed by atoms with Gasteiger partial charge in [0.2, 0.25) is 0 Å². The summed E-state index contributed by atoms with van der Waals surface area (Å²) in [5.41, 5.74) is 0.0394. The smallest absolute Gasteiger partial charge is 0.364 e. The lowest BCUT2D eigenvalue weighted by atomic mass is 10.3. The molecule has 3 aromatic heterocycles. The molecule has 0 bridgehead atoms. The van der Waals surface area contributed by atoms with Gasteiger partial charge in [-0.2, -0.15) is 22.8 Å². The maximum Gasteiger partial charge on any atom is 0.453 e. The molecule has 3 rings (SSSR count). The molecule has 7 nitrogen and oxygen atoms in total. The minimum atomic E-state index is -4.61. The number of anilines is 1. The summed E-state index contributed by atoms with van der Waals surface area (Å²) in [6.45, 7) is 2.44. The van der Waals surface area contributed by atoms with Gasteiger partial charge < -0.3 is 5.32 Å². The summed E-state index contributed by atoms with van der Waals surface area (Å²) in [5, 5.41) is 17.6. The summed E-state index contributed by atoms with van der Waals surface area (Å²) in [5.74, 6) is -0.844. The van der Waals surface area contributed by atoms with Crippen LogP contribution in [0.15, 0.2) is 30.6 Å². The summed E-state index contributed by atoms with van der Waals surface area (Å²) in [4.78, 5) is 0. The van der Waals surface area contributed by atoms with Crippen molar-refractivity contribution >= 4 is 11.5 Å². The molecule has 0 aliphatic heterocycles. The molecule has 10 heteroatoms. The van der Waals surface area contributed by atoms with Crippen LogP contribution in [0.2, 0.25) is 0 Å². The fraction of sp³-hybridized carbons (Fsp3) is 0.333. The zero-order chi connectivity index (χ0) is 15.7. The van der Waals surface area contributed by atoms with E-state index in [1.165, 1.54) is 6.07 Å². The van der Waals surface area contributed by atoms with Gasteiger partial charge in [0.15, 0.2) is 5.65 Å². The zero-order valence-corrected chi connectivity index (χ0v) is 11.5. The molecule has 0 aliphatic carbocycles. The number of hydrogen-bond acceptors (Lipinski definition) is 5. The molecule has 1 N–H and O–H groups in total. The van der Waals surface area contributed by atoms with Crippen LogP contribution in [0.1, 0.15) is 12.7 Å². The summed E-state index contributed by atoms with van der Waals surface area (Å²) in [6.07, 6.45) is -1.15. The third-order valence-corrected chi connectivity index (χ3v) is 2.93. The van der Waals surface area contributed by atoms with E-state index in [1.54, 1.807) is 29.2 Å². The van der Waals surface area contributed by atoms with Crippen molar-refractivity contribution < 1.29 is 13.2 Å². The summed E-state index contributed by atoms with van der Waals surface area (Å²) < 4.78 is 40.8. The summed E-state index contributed by atoms with van der Waals surface area (Å²) >= 11 is 0. The van der Waals surface area contributed by atoms with Gasteiger partial charge in [0.1, 0.15) is 5.82 Å². The third-order valence-electron chi connectivity index (χ3n) is 2.93. The highest BCUT2D eigenvalue weighted by molar-refractivity contribution is 5.44. The lowest BCUT2D eigenvalue weighted by Gasteiger charge is -2.14. The minimum Gasteiger partial charge on any atom is -0.364 e. The molecular weight excluding hydrogens is 299 g/mol. The van der Waals surface area contributed by atoms with Gasteiger partial charge in [-0.1, -0.05) is 0 Å². The largest absolute Gasteiger partial charge is 0.453 e. The molecule has 3 heterocycles. The standard InChI is InChI=1S/C12H12F3N7/c1-8(7-21-6-2-5-16-21)17-9-3-4-10-18-19-11(12(13,14)15)22(10)20-9/h2-6,8H,7H2,1H3,(H,17,20)/t8-/m0/s1. The maximum atomic E-state index is 12.8. The van der Waals surface area contributed by atoms with E-state index >= 15 is 0 Å². The van der Waals surface area contributed by atoms with E-state index in [2.05, 4.69) is 25.7 Å². The molecule has 0 radical (unpaired) electrons. The lowest BCUT2D eigenvalue weighted by molar-refractivity contribution is -0.146. The Bertz CT molecular complexity index is 763. The molecule has 116 valence electrons. The molecular formula is C12H12F3N7.